The Hall–Kier alpha value is -1.55. The Kier molecular flexibility index (Phi) is 12.9. The van der Waals surface area contributed by atoms with E-state index in [9.17, 15) is 4.79 Å². The number of benzene rings is 1. The highest BCUT2D eigenvalue weighted by atomic mass is 127. The van der Waals surface area contributed by atoms with Gasteiger partial charge in [0.15, 0.2) is 5.96 Å². The average molecular weight is 546 g/mol. The Balaban J connectivity index is 0.00000480. The van der Waals surface area contributed by atoms with Crippen LogP contribution in [0, 0.1) is 12.8 Å². The lowest BCUT2D eigenvalue weighted by Crippen LogP contribution is -2.39. The van der Waals surface area contributed by atoms with Gasteiger partial charge in [-0.05, 0) is 77.7 Å². The van der Waals surface area contributed by atoms with Crippen LogP contribution in [0.5, 0.6) is 5.75 Å². The van der Waals surface area contributed by atoms with Crippen LogP contribution in [0.4, 0.5) is 0 Å². The summed E-state index contributed by atoms with van der Waals surface area (Å²) in [5.74, 6) is 1.64. The van der Waals surface area contributed by atoms with Gasteiger partial charge in [0.1, 0.15) is 5.75 Å². The van der Waals surface area contributed by atoms with Gasteiger partial charge in [-0.3, -0.25) is 9.79 Å². The zero-order chi connectivity index (χ0) is 21.9. The molecular formula is C23H40IN5O2. The number of aliphatic imine (C=N–C) groups is 1. The molecule has 4 N–H and O–H groups in total. The number of guanidine groups is 1. The summed E-state index contributed by atoms with van der Waals surface area (Å²) in [5.41, 5.74) is 7.71. The number of nitrogens with zero attached hydrogens (tertiary/aromatic N) is 2. The summed E-state index contributed by atoms with van der Waals surface area (Å²) in [6, 6.07) is 6.29. The molecule has 0 saturated carbocycles. The molecule has 176 valence electrons. The van der Waals surface area contributed by atoms with E-state index < -0.39 is 0 Å². The van der Waals surface area contributed by atoms with Crippen LogP contribution >= 0.6 is 24.0 Å². The van der Waals surface area contributed by atoms with Gasteiger partial charge < -0.3 is 26.0 Å². The molecule has 0 aromatic heterocycles. The maximum Gasteiger partial charge on any atom is 0.220 e. The van der Waals surface area contributed by atoms with Crippen LogP contribution in [-0.2, 0) is 11.3 Å². The minimum absolute atomic E-state index is 0. The smallest absolute Gasteiger partial charge is 0.220 e. The van der Waals surface area contributed by atoms with E-state index in [-0.39, 0.29) is 41.9 Å². The summed E-state index contributed by atoms with van der Waals surface area (Å²) in [4.78, 5) is 18.0. The maximum atomic E-state index is 11.2. The third-order valence-corrected chi connectivity index (χ3v) is 5.44. The zero-order valence-corrected chi connectivity index (χ0v) is 21.8. The molecule has 0 unspecified atom stereocenters. The summed E-state index contributed by atoms with van der Waals surface area (Å²) in [7, 11) is 1.79. The number of carbonyl (C=O) groups excluding carboxylic acids is 1. The van der Waals surface area contributed by atoms with E-state index in [1.165, 1.54) is 5.56 Å². The molecule has 0 atom stereocenters. The van der Waals surface area contributed by atoms with Gasteiger partial charge in [0.25, 0.3) is 0 Å². The molecule has 0 aliphatic carbocycles. The van der Waals surface area contributed by atoms with Crippen LogP contribution in [0.25, 0.3) is 0 Å². The predicted molar refractivity (Wildman–Crippen MR) is 138 cm³/mol. The van der Waals surface area contributed by atoms with Crippen molar-refractivity contribution in [1.29, 1.82) is 0 Å². The molecule has 8 heteroatoms. The largest absolute Gasteiger partial charge is 0.491 e. The number of likely N-dealkylation sites (tertiary alicyclic amines) is 1. The molecule has 1 aliphatic heterocycles. The van der Waals surface area contributed by atoms with Gasteiger partial charge in [0.2, 0.25) is 5.91 Å². The Morgan fingerprint density at radius 1 is 1.26 bits per heavy atom. The second-order valence-electron chi connectivity index (χ2n) is 8.36. The average Bonchev–Trinajstić information content (AvgIpc) is 2.71. The quantitative estimate of drug-likeness (QED) is 0.182. The molecule has 7 nitrogen and oxygen atoms in total. The molecule has 1 amide bonds. The molecule has 1 aromatic carbocycles. The Bertz CT molecular complexity index is 703. The fraction of sp³-hybridized carbons (Fsp3) is 0.652. The number of rotatable bonds is 10. The highest BCUT2D eigenvalue weighted by Crippen LogP contribution is 2.21. The molecule has 1 aromatic rings. The summed E-state index contributed by atoms with van der Waals surface area (Å²) in [6.07, 6.45) is 4.12. The number of unbranched alkanes of at least 4 members (excludes halogenated alkanes) is 1. The number of nitrogens with two attached hydrogens (primary N) is 1. The van der Waals surface area contributed by atoms with Crippen molar-refractivity contribution in [2.24, 2.45) is 16.6 Å². The second kappa shape index (κ2) is 14.5. The molecule has 1 fully saturated rings. The van der Waals surface area contributed by atoms with Crippen molar-refractivity contribution < 1.29 is 9.53 Å². The molecular weight excluding hydrogens is 505 g/mol. The number of amides is 1. The monoisotopic (exact) mass is 545 g/mol. The number of aryl methyl sites for hydroxylation is 1. The Labute approximate surface area is 204 Å². The number of ether oxygens (including phenoxy) is 1. The van der Waals surface area contributed by atoms with Crippen molar-refractivity contribution in [3.05, 3.63) is 29.3 Å². The molecule has 2 rings (SSSR count). The first-order valence-corrected chi connectivity index (χ1v) is 11.1. The molecule has 1 aliphatic rings. The third kappa shape index (κ3) is 10.1. The Morgan fingerprint density at radius 3 is 2.58 bits per heavy atom. The SMILES string of the molecule is CN=C(NCCCCN1CCC(C(N)=O)CC1)NCc1ccc(C)cc1OC(C)C.I. The Morgan fingerprint density at radius 2 is 1.97 bits per heavy atom. The van der Waals surface area contributed by atoms with Gasteiger partial charge in [-0.15, -0.1) is 24.0 Å². The lowest BCUT2D eigenvalue weighted by atomic mass is 9.96. The fourth-order valence-electron chi connectivity index (χ4n) is 3.68. The summed E-state index contributed by atoms with van der Waals surface area (Å²) in [5, 5.41) is 6.77. The van der Waals surface area contributed by atoms with Crippen molar-refractivity contribution in [1.82, 2.24) is 15.5 Å². The van der Waals surface area contributed by atoms with Gasteiger partial charge in [-0.25, -0.2) is 0 Å². The molecule has 1 heterocycles. The minimum atomic E-state index is -0.147. The van der Waals surface area contributed by atoms with E-state index in [1.54, 1.807) is 7.05 Å². The van der Waals surface area contributed by atoms with Crippen molar-refractivity contribution in [2.45, 2.75) is 59.1 Å². The van der Waals surface area contributed by atoms with Crippen LogP contribution in [-0.4, -0.2) is 56.1 Å². The second-order valence-corrected chi connectivity index (χ2v) is 8.36. The van der Waals surface area contributed by atoms with Crippen molar-refractivity contribution >= 4 is 35.8 Å². The lowest BCUT2D eigenvalue weighted by Gasteiger charge is -2.30. The van der Waals surface area contributed by atoms with Crippen molar-refractivity contribution in [3.63, 3.8) is 0 Å². The summed E-state index contributed by atoms with van der Waals surface area (Å²) < 4.78 is 5.95. The fourth-order valence-corrected chi connectivity index (χ4v) is 3.68. The van der Waals surface area contributed by atoms with Crippen LogP contribution in [0.15, 0.2) is 23.2 Å². The van der Waals surface area contributed by atoms with E-state index in [1.807, 2.05) is 13.8 Å². The van der Waals surface area contributed by atoms with E-state index in [4.69, 9.17) is 10.5 Å². The van der Waals surface area contributed by atoms with Gasteiger partial charge in [-0.2, -0.15) is 0 Å². The first kappa shape index (κ1) is 27.5. The van der Waals surface area contributed by atoms with Crippen molar-refractivity contribution in [2.75, 3.05) is 33.2 Å². The zero-order valence-electron chi connectivity index (χ0n) is 19.4. The molecule has 0 radical (unpaired) electrons. The maximum absolute atomic E-state index is 11.2. The number of nitrogens with one attached hydrogen (secondary N) is 2. The van der Waals surface area contributed by atoms with Gasteiger partial charge in [-0.1, -0.05) is 12.1 Å². The molecule has 0 spiro atoms. The molecule has 1 saturated heterocycles. The standard InChI is InChI=1S/C23H39N5O2.HI/c1-17(2)30-21-15-18(3)7-8-20(21)16-27-23(25-4)26-11-5-6-12-28-13-9-19(10-14-28)22(24)29;/h7-8,15,17,19H,5-6,9-14,16H2,1-4H3,(H2,24,29)(H2,25,26,27);1H. The van der Waals surface area contributed by atoms with Crippen LogP contribution < -0.4 is 21.1 Å². The van der Waals surface area contributed by atoms with Crippen LogP contribution in [0.1, 0.15) is 50.7 Å². The van der Waals surface area contributed by atoms with Gasteiger partial charge in [0.05, 0.1) is 6.10 Å². The van der Waals surface area contributed by atoms with Crippen LogP contribution in [0.3, 0.4) is 0 Å². The number of piperidine rings is 1. The van der Waals surface area contributed by atoms with Crippen LogP contribution in [0.2, 0.25) is 0 Å². The number of halogens is 1. The summed E-state index contributed by atoms with van der Waals surface area (Å²) in [6.45, 7) is 10.7. The molecule has 31 heavy (non-hydrogen) atoms. The number of carbonyl (C=O) groups is 1. The van der Waals surface area contributed by atoms with E-state index in [2.05, 4.69) is 45.6 Å². The predicted octanol–water partition coefficient (Wildman–Crippen LogP) is 3.04. The van der Waals surface area contributed by atoms with Gasteiger partial charge >= 0.3 is 0 Å². The minimum Gasteiger partial charge on any atom is -0.491 e. The van der Waals surface area contributed by atoms with E-state index in [0.29, 0.717) is 6.54 Å². The normalized spacial score (nSPS) is 15.5. The van der Waals surface area contributed by atoms with E-state index in [0.717, 1.165) is 69.1 Å². The highest BCUT2D eigenvalue weighted by Gasteiger charge is 2.22. The number of hydrogen-bond donors (Lipinski definition) is 3. The highest BCUT2D eigenvalue weighted by molar-refractivity contribution is 14.0. The molecule has 0 bridgehead atoms. The summed E-state index contributed by atoms with van der Waals surface area (Å²) >= 11 is 0. The number of primary amides is 1. The first-order valence-electron chi connectivity index (χ1n) is 11.1. The van der Waals surface area contributed by atoms with Gasteiger partial charge in [0, 0.05) is 31.6 Å². The third-order valence-electron chi connectivity index (χ3n) is 5.44. The topological polar surface area (TPSA) is 92.0 Å². The lowest BCUT2D eigenvalue weighted by molar-refractivity contribution is -0.123. The first-order chi connectivity index (χ1) is 14.4. The van der Waals surface area contributed by atoms with Crippen molar-refractivity contribution in [3.8, 4) is 5.75 Å². The van der Waals surface area contributed by atoms with E-state index >= 15 is 0 Å². The number of hydrogen-bond acceptors (Lipinski definition) is 4.